The molecule has 0 radical (unpaired) electrons. The van der Waals surface area contributed by atoms with Crippen molar-refractivity contribution in [2.45, 2.75) is 13.5 Å². The van der Waals surface area contributed by atoms with Gasteiger partial charge in [0.25, 0.3) is 0 Å². The van der Waals surface area contributed by atoms with Gasteiger partial charge in [0.1, 0.15) is 23.9 Å². The number of hydrogen-bond donors (Lipinski definition) is 0. The van der Waals surface area contributed by atoms with Crippen LogP contribution < -0.4 is 14.4 Å². The molecule has 0 saturated heterocycles. The fourth-order valence-corrected chi connectivity index (χ4v) is 3.52. The molecule has 0 aliphatic carbocycles. The maximum Gasteiger partial charge on any atom is 0.230 e. The highest BCUT2D eigenvalue weighted by Gasteiger charge is 2.21. The smallest absolute Gasteiger partial charge is 0.230 e. The van der Waals surface area contributed by atoms with Crippen LogP contribution in [0.25, 0.3) is 0 Å². The highest BCUT2D eigenvalue weighted by molar-refractivity contribution is 7.14. The fourth-order valence-electron chi connectivity index (χ4n) is 2.43. The van der Waals surface area contributed by atoms with Crippen molar-refractivity contribution in [1.82, 2.24) is 4.98 Å². The first-order valence-corrected chi connectivity index (χ1v) is 9.21. The lowest BCUT2D eigenvalue weighted by Crippen LogP contribution is -2.23. The van der Waals surface area contributed by atoms with Gasteiger partial charge in [0.2, 0.25) is 5.91 Å². The summed E-state index contributed by atoms with van der Waals surface area (Å²) < 4.78 is 24.0. The summed E-state index contributed by atoms with van der Waals surface area (Å²) >= 11 is 7.26. The molecular weight excluding hydrogens is 391 g/mol. The van der Waals surface area contributed by atoms with Gasteiger partial charge in [-0.15, -0.1) is 11.3 Å². The van der Waals surface area contributed by atoms with E-state index in [1.165, 1.54) is 41.4 Å². The Morgan fingerprint density at radius 3 is 2.74 bits per heavy atom. The van der Waals surface area contributed by atoms with Gasteiger partial charge in [0.15, 0.2) is 5.13 Å². The number of nitrogens with zero attached hydrogens (tertiary/aromatic N) is 2. The first-order valence-electron chi connectivity index (χ1n) is 7.95. The van der Waals surface area contributed by atoms with E-state index in [2.05, 4.69) is 4.98 Å². The molecule has 0 aliphatic heterocycles. The Morgan fingerprint density at radius 1 is 1.26 bits per heavy atom. The highest BCUT2D eigenvalue weighted by atomic mass is 35.5. The maximum atomic E-state index is 13.1. The summed E-state index contributed by atoms with van der Waals surface area (Å²) in [6.07, 6.45) is 0. The number of aromatic nitrogens is 1. The molecule has 1 heterocycles. The van der Waals surface area contributed by atoms with Gasteiger partial charge in [-0.1, -0.05) is 23.7 Å². The molecule has 0 fully saturated rings. The molecule has 3 rings (SSSR count). The topological polar surface area (TPSA) is 51.7 Å². The van der Waals surface area contributed by atoms with E-state index >= 15 is 0 Å². The van der Waals surface area contributed by atoms with Gasteiger partial charge in [-0.25, -0.2) is 9.37 Å². The van der Waals surface area contributed by atoms with E-state index in [9.17, 15) is 9.18 Å². The number of para-hydroxylation sites is 2. The van der Waals surface area contributed by atoms with Crippen molar-refractivity contribution in [2.75, 3.05) is 12.0 Å². The van der Waals surface area contributed by atoms with E-state index in [4.69, 9.17) is 21.1 Å². The maximum absolute atomic E-state index is 13.1. The summed E-state index contributed by atoms with van der Waals surface area (Å²) in [5.74, 6) is 0.305. The van der Waals surface area contributed by atoms with Crippen molar-refractivity contribution in [3.63, 3.8) is 0 Å². The summed E-state index contributed by atoms with van der Waals surface area (Å²) in [5, 5.41) is 2.47. The zero-order valence-electron chi connectivity index (χ0n) is 14.6. The van der Waals surface area contributed by atoms with E-state index in [0.29, 0.717) is 28.0 Å². The minimum atomic E-state index is -0.433. The van der Waals surface area contributed by atoms with Gasteiger partial charge in [-0.2, -0.15) is 0 Å². The van der Waals surface area contributed by atoms with E-state index in [0.717, 1.165) is 0 Å². The molecule has 8 heteroatoms. The molecule has 0 atom stereocenters. The normalized spacial score (nSPS) is 10.5. The number of carbonyl (C=O) groups is 1. The minimum absolute atomic E-state index is 0.138. The Labute approximate surface area is 164 Å². The average Bonchev–Trinajstić information content (AvgIpc) is 3.09. The molecule has 0 saturated carbocycles. The van der Waals surface area contributed by atoms with E-state index in [1.54, 1.807) is 24.6 Å². The number of carbonyl (C=O) groups excluding carboxylic acids is 1. The van der Waals surface area contributed by atoms with Crippen molar-refractivity contribution in [3.05, 3.63) is 64.4 Å². The van der Waals surface area contributed by atoms with Crippen molar-refractivity contribution >= 4 is 39.7 Å². The second-order valence-corrected chi connectivity index (χ2v) is 6.75. The predicted molar refractivity (Wildman–Crippen MR) is 104 cm³/mol. The molecule has 0 unspecified atom stereocenters. The standard InChI is InChI=1S/C19H16ClFN2O3S/c1-12(24)23(16-5-3-4-6-18(16)25-2)19-22-14(11-27-19)10-26-17-8-7-13(21)9-15(17)20/h3-9,11H,10H2,1-2H3. The molecule has 0 N–H and O–H groups in total. The van der Waals surface area contributed by atoms with Crippen LogP contribution in [0, 0.1) is 5.82 Å². The quantitative estimate of drug-likeness (QED) is 0.564. The molecule has 0 bridgehead atoms. The van der Waals surface area contributed by atoms with Crippen molar-refractivity contribution < 1.29 is 18.7 Å². The Kier molecular flexibility index (Phi) is 5.93. The summed E-state index contributed by atoms with van der Waals surface area (Å²) in [5.41, 5.74) is 1.23. The average molecular weight is 407 g/mol. The van der Waals surface area contributed by atoms with Crippen LogP contribution in [0.15, 0.2) is 47.8 Å². The third kappa shape index (κ3) is 4.37. The zero-order valence-corrected chi connectivity index (χ0v) is 16.2. The number of rotatable bonds is 6. The van der Waals surface area contributed by atoms with E-state index in [1.807, 2.05) is 12.1 Å². The molecule has 0 aliphatic rings. The Morgan fingerprint density at radius 2 is 2.04 bits per heavy atom. The number of thiazole rings is 1. The van der Waals surface area contributed by atoms with Crippen LogP contribution in [0.3, 0.4) is 0 Å². The van der Waals surface area contributed by atoms with Crippen LogP contribution in [0.4, 0.5) is 15.2 Å². The van der Waals surface area contributed by atoms with Crippen LogP contribution in [-0.2, 0) is 11.4 Å². The minimum Gasteiger partial charge on any atom is -0.495 e. The summed E-state index contributed by atoms with van der Waals surface area (Å²) in [6.45, 7) is 1.60. The number of amides is 1. The molecule has 2 aromatic carbocycles. The summed E-state index contributed by atoms with van der Waals surface area (Å²) in [6, 6.07) is 11.1. The molecule has 27 heavy (non-hydrogen) atoms. The highest BCUT2D eigenvalue weighted by Crippen LogP contribution is 2.35. The molecule has 0 spiro atoms. The summed E-state index contributed by atoms with van der Waals surface area (Å²) in [7, 11) is 1.55. The summed E-state index contributed by atoms with van der Waals surface area (Å²) in [4.78, 5) is 18.2. The van der Waals surface area contributed by atoms with Gasteiger partial charge in [0, 0.05) is 12.3 Å². The molecular formula is C19H16ClFN2O3S. The predicted octanol–water partition coefficient (Wildman–Crippen LogP) is 5.21. The van der Waals surface area contributed by atoms with Crippen LogP contribution in [-0.4, -0.2) is 18.0 Å². The Balaban J connectivity index is 1.81. The van der Waals surface area contributed by atoms with Crippen molar-refractivity contribution in [3.8, 4) is 11.5 Å². The second kappa shape index (κ2) is 8.37. The monoisotopic (exact) mass is 406 g/mol. The molecule has 3 aromatic rings. The first-order chi connectivity index (χ1) is 13.0. The van der Waals surface area contributed by atoms with Crippen LogP contribution in [0.2, 0.25) is 5.02 Å². The first kappa shape index (κ1) is 19.1. The number of benzene rings is 2. The number of halogens is 2. The van der Waals surface area contributed by atoms with Gasteiger partial charge < -0.3 is 9.47 Å². The molecule has 1 amide bonds. The van der Waals surface area contributed by atoms with Crippen LogP contribution in [0.1, 0.15) is 12.6 Å². The molecule has 140 valence electrons. The van der Waals surface area contributed by atoms with Gasteiger partial charge in [0.05, 0.1) is 23.5 Å². The van der Waals surface area contributed by atoms with Gasteiger partial charge in [-0.3, -0.25) is 9.69 Å². The molecule has 5 nitrogen and oxygen atoms in total. The van der Waals surface area contributed by atoms with Gasteiger partial charge >= 0.3 is 0 Å². The number of anilines is 2. The second-order valence-electron chi connectivity index (χ2n) is 5.51. The number of hydrogen-bond acceptors (Lipinski definition) is 5. The van der Waals surface area contributed by atoms with Gasteiger partial charge in [-0.05, 0) is 30.3 Å². The Bertz CT molecular complexity index is 964. The Hall–Kier alpha value is -2.64. The lowest BCUT2D eigenvalue weighted by atomic mass is 10.2. The zero-order chi connectivity index (χ0) is 19.4. The third-order valence-corrected chi connectivity index (χ3v) is 4.81. The lowest BCUT2D eigenvalue weighted by molar-refractivity contribution is -0.115. The number of methoxy groups -OCH3 is 1. The SMILES string of the molecule is COc1ccccc1N(C(C)=O)c1nc(COc2ccc(F)cc2Cl)cs1. The molecule has 1 aromatic heterocycles. The van der Waals surface area contributed by atoms with Crippen LogP contribution in [0.5, 0.6) is 11.5 Å². The lowest BCUT2D eigenvalue weighted by Gasteiger charge is -2.20. The van der Waals surface area contributed by atoms with E-state index in [-0.39, 0.29) is 17.5 Å². The van der Waals surface area contributed by atoms with Crippen molar-refractivity contribution in [1.29, 1.82) is 0 Å². The fraction of sp³-hybridized carbons (Fsp3) is 0.158. The largest absolute Gasteiger partial charge is 0.495 e. The van der Waals surface area contributed by atoms with E-state index < -0.39 is 5.82 Å². The third-order valence-electron chi connectivity index (χ3n) is 3.64. The van der Waals surface area contributed by atoms with Crippen LogP contribution >= 0.6 is 22.9 Å². The van der Waals surface area contributed by atoms with Crippen molar-refractivity contribution in [2.24, 2.45) is 0 Å². The number of ether oxygens (including phenoxy) is 2.